The van der Waals surface area contributed by atoms with Crippen LogP contribution in [0.3, 0.4) is 0 Å². The Morgan fingerprint density at radius 2 is 1.93 bits per heavy atom. The van der Waals surface area contributed by atoms with Gasteiger partial charge in [-0.1, -0.05) is 25.7 Å². The highest BCUT2D eigenvalue weighted by atomic mass is 35.5. The second-order valence-electron chi connectivity index (χ2n) is 5.46. The third kappa shape index (κ3) is 4.32. The maximum absolute atomic E-state index is 6.08. The minimum Gasteiger partial charge on any atom is -0.379 e. The van der Waals surface area contributed by atoms with E-state index in [4.69, 9.17) is 16.3 Å². The lowest BCUT2D eigenvalue weighted by Gasteiger charge is -2.27. The van der Waals surface area contributed by atoms with Gasteiger partial charge in [0.1, 0.15) is 0 Å². The van der Waals surface area contributed by atoms with Crippen molar-refractivity contribution in [3.63, 3.8) is 0 Å². The average Bonchev–Trinajstić information content (AvgIpc) is 2.72. The van der Waals surface area contributed by atoms with Crippen LogP contribution in [-0.2, 0) is 4.74 Å². The van der Waals surface area contributed by atoms with Crippen LogP contribution in [0.4, 0.5) is 0 Å². The summed E-state index contributed by atoms with van der Waals surface area (Å²) in [6, 6.07) is 0. The van der Waals surface area contributed by atoms with Gasteiger partial charge in [-0.15, -0.1) is 11.6 Å². The topological polar surface area (TPSA) is 9.23 Å². The highest BCUT2D eigenvalue weighted by Gasteiger charge is 2.26. The zero-order chi connectivity index (χ0) is 11.3. The summed E-state index contributed by atoms with van der Waals surface area (Å²) in [7, 11) is 1.80. The molecule has 0 amide bonds. The Hall–Kier alpha value is 0.250. The summed E-state index contributed by atoms with van der Waals surface area (Å²) in [6.45, 7) is 4.32. The second kappa shape index (κ2) is 6.10. The minimum atomic E-state index is 0.0168. The van der Waals surface area contributed by atoms with Crippen molar-refractivity contribution in [2.45, 2.75) is 58.0 Å². The maximum atomic E-state index is 6.08. The molecular formula is C13H25ClO. The van der Waals surface area contributed by atoms with Crippen LogP contribution in [0.25, 0.3) is 0 Å². The lowest BCUT2D eigenvalue weighted by atomic mass is 9.85. The van der Waals surface area contributed by atoms with Gasteiger partial charge in [-0.25, -0.2) is 0 Å². The summed E-state index contributed by atoms with van der Waals surface area (Å²) >= 11 is 6.08. The fourth-order valence-corrected chi connectivity index (χ4v) is 2.91. The number of halogens is 1. The van der Waals surface area contributed by atoms with Gasteiger partial charge in [-0.2, -0.15) is 0 Å². The number of rotatable bonds is 6. The van der Waals surface area contributed by atoms with Crippen molar-refractivity contribution >= 4 is 11.6 Å². The summed E-state index contributed by atoms with van der Waals surface area (Å²) in [5, 5.41) is 0. The number of hydrogen-bond acceptors (Lipinski definition) is 1. The monoisotopic (exact) mass is 232 g/mol. The Kier molecular flexibility index (Phi) is 5.42. The largest absolute Gasteiger partial charge is 0.379 e. The molecule has 0 N–H and O–H groups in total. The Morgan fingerprint density at radius 1 is 1.33 bits per heavy atom. The number of methoxy groups -OCH3 is 1. The quantitative estimate of drug-likeness (QED) is 0.623. The first-order valence-electron chi connectivity index (χ1n) is 6.20. The van der Waals surface area contributed by atoms with E-state index in [9.17, 15) is 0 Å². The van der Waals surface area contributed by atoms with Gasteiger partial charge in [0, 0.05) is 13.0 Å². The molecule has 2 heteroatoms. The molecule has 1 aliphatic carbocycles. The molecule has 1 atom stereocenters. The van der Waals surface area contributed by atoms with Crippen LogP contribution in [0.5, 0.6) is 0 Å². The fraction of sp³-hybridized carbons (Fsp3) is 1.00. The van der Waals surface area contributed by atoms with Crippen molar-refractivity contribution in [3.8, 4) is 0 Å². The molecule has 1 unspecified atom stereocenters. The zero-order valence-corrected chi connectivity index (χ0v) is 11.1. The molecule has 0 aromatic heterocycles. The molecule has 0 bridgehead atoms. The first-order valence-corrected chi connectivity index (χ1v) is 6.73. The van der Waals surface area contributed by atoms with E-state index in [0.717, 1.165) is 18.2 Å². The number of ether oxygens (including phenoxy) is 1. The third-order valence-electron chi connectivity index (χ3n) is 3.93. The van der Waals surface area contributed by atoms with Gasteiger partial charge >= 0.3 is 0 Å². The summed E-state index contributed by atoms with van der Waals surface area (Å²) in [6.07, 6.45) is 7.94. The van der Waals surface area contributed by atoms with Gasteiger partial charge in [0.05, 0.1) is 5.60 Å². The first kappa shape index (κ1) is 13.3. The molecule has 15 heavy (non-hydrogen) atoms. The Morgan fingerprint density at radius 3 is 2.40 bits per heavy atom. The summed E-state index contributed by atoms with van der Waals surface area (Å²) in [5.41, 5.74) is 0.0168. The number of alkyl halides is 1. The Labute approximate surface area is 99.5 Å². The predicted molar refractivity (Wildman–Crippen MR) is 66.5 cm³/mol. The SMILES string of the molecule is COC(C)(C)CCC(CCl)C1CCCC1. The second-order valence-corrected chi connectivity index (χ2v) is 5.77. The highest BCUT2D eigenvalue weighted by Crippen LogP contribution is 2.35. The lowest BCUT2D eigenvalue weighted by Crippen LogP contribution is -2.25. The summed E-state index contributed by atoms with van der Waals surface area (Å²) in [4.78, 5) is 0. The first-order chi connectivity index (χ1) is 7.09. The van der Waals surface area contributed by atoms with E-state index in [0.29, 0.717) is 5.92 Å². The molecule has 0 radical (unpaired) electrons. The van der Waals surface area contributed by atoms with Crippen molar-refractivity contribution in [2.24, 2.45) is 11.8 Å². The molecule has 1 rings (SSSR count). The van der Waals surface area contributed by atoms with Gasteiger partial charge in [0.25, 0.3) is 0 Å². The average molecular weight is 233 g/mol. The Balaban J connectivity index is 2.33. The van der Waals surface area contributed by atoms with Crippen molar-refractivity contribution in [2.75, 3.05) is 13.0 Å². The van der Waals surface area contributed by atoms with E-state index < -0.39 is 0 Å². The highest BCUT2D eigenvalue weighted by molar-refractivity contribution is 6.18. The summed E-state index contributed by atoms with van der Waals surface area (Å²) < 4.78 is 5.45. The standard InChI is InChI=1S/C13H25ClO/c1-13(2,15-3)9-8-12(10-14)11-6-4-5-7-11/h11-12H,4-10H2,1-3H3. The lowest BCUT2D eigenvalue weighted by molar-refractivity contribution is 0.00915. The van der Waals surface area contributed by atoms with Crippen molar-refractivity contribution in [1.82, 2.24) is 0 Å². The van der Waals surface area contributed by atoms with Gasteiger partial charge in [0.2, 0.25) is 0 Å². The van der Waals surface area contributed by atoms with Crippen LogP contribution in [0, 0.1) is 11.8 Å². The zero-order valence-electron chi connectivity index (χ0n) is 10.4. The normalized spacial score (nSPS) is 20.8. The minimum absolute atomic E-state index is 0.0168. The third-order valence-corrected chi connectivity index (χ3v) is 4.33. The molecule has 0 saturated heterocycles. The molecule has 1 aliphatic rings. The van der Waals surface area contributed by atoms with Gasteiger partial charge in [0.15, 0.2) is 0 Å². The van der Waals surface area contributed by atoms with E-state index >= 15 is 0 Å². The van der Waals surface area contributed by atoms with Gasteiger partial charge < -0.3 is 4.74 Å². The van der Waals surface area contributed by atoms with E-state index in [1.54, 1.807) is 7.11 Å². The predicted octanol–water partition coefficient (Wildman–Crippen LogP) is 4.24. The molecule has 0 spiro atoms. The van der Waals surface area contributed by atoms with Crippen molar-refractivity contribution < 1.29 is 4.74 Å². The fourth-order valence-electron chi connectivity index (χ4n) is 2.50. The van der Waals surface area contributed by atoms with E-state index in [2.05, 4.69) is 13.8 Å². The van der Waals surface area contributed by atoms with E-state index in [1.165, 1.54) is 32.1 Å². The van der Waals surface area contributed by atoms with Gasteiger partial charge in [-0.05, 0) is 38.5 Å². The van der Waals surface area contributed by atoms with E-state index in [-0.39, 0.29) is 5.60 Å². The van der Waals surface area contributed by atoms with Crippen molar-refractivity contribution in [1.29, 1.82) is 0 Å². The molecule has 1 saturated carbocycles. The molecule has 90 valence electrons. The molecule has 0 aromatic carbocycles. The van der Waals surface area contributed by atoms with Gasteiger partial charge in [-0.3, -0.25) is 0 Å². The maximum Gasteiger partial charge on any atom is 0.0622 e. The molecule has 1 fully saturated rings. The molecule has 0 heterocycles. The molecular weight excluding hydrogens is 208 g/mol. The van der Waals surface area contributed by atoms with E-state index in [1.807, 2.05) is 0 Å². The molecule has 1 nitrogen and oxygen atoms in total. The van der Waals surface area contributed by atoms with Crippen LogP contribution in [0.2, 0.25) is 0 Å². The van der Waals surface area contributed by atoms with Crippen LogP contribution < -0.4 is 0 Å². The summed E-state index contributed by atoms with van der Waals surface area (Å²) in [5.74, 6) is 2.42. The Bertz CT molecular complexity index is 173. The molecule has 0 aliphatic heterocycles. The number of hydrogen-bond donors (Lipinski definition) is 0. The van der Waals surface area contributed by atoms with Crippen LogP contribution >= 0.6 is 11.6 Å². The van der Waals surface area contributed by atoms with Crippen LogP contribution in [-0.4, -0.2) is 18.6 Å². The smallest absolute Gasteiger partial charge is 0.0622 e. The van der Waals surface area contributed by atoms with Crippen LogP contribution in [0.15, 0.2) is 0 Å². The van der Waals surface area contributed by atoms with Crippen molar-refractivity contribution in [3.05, 3.63) is 0 Å². The molecule has 0 aromatic rings. The van der Waals surface area contributed by atoms with Crippen LogP contribution in [0.1, 0.15) is 52.4 Å².